The molecule has 0 bridgehead atoms. The molecule has 1 rings (SSSR count). The number of carbonyl (C=O) groups excluding carboxylic acids is 1. The normalized spacial score (nSPS) is 20.8. The number of aliphatic hydroxyl groups is 5. The zero-order valence-electron chi connectivity index (χ0n) is 37.8. The molecule has 1 aliphatic heterocycles. The highest BCUT2D eigenvalue weighted by molar-refractivity contribution is 5.76. The molecule has 344 valence electrons. The van der Waals surface area contributed by atoms with E-state index in [1.54, 1.807) is 6.08 Å². The van der Waals surface area contributed by atoms with Crippen molar-refractivity contribution < 1.29 is 39.8 Å². The number of amides is 1. The number of allylic oxidation sites excluding steroid dienone is 1. The van der Waals surface area contributed by atoms with Crippen molar-refractivity contribution in [2.75, 3.05) is 13.2 Å². The number of unbranched alkanes of at least 4 members (excludes halogenated alkanes) is 32. The first kappa shape index (κ1) is 54.9. The molecular weight excluding hydrogens is 731 g/mol. The Kier molecular flexibility index (Phi) is 37.9. The summed E-state index contributed by atoms with van der Waals surface area (Å²) in [4.78, 5) is 12.8. The monoisotopic (exact) mass is 826 g/mol. The summed E-state index contributed by atoms with van der Waals surface area (Å²) in [6.45, 7) is 3.57. The Labute approximate surface area is 356 Å². The average Bonchev–Trinajstić information content (AvgIpc) is 3.22. The van der Waals surface area contributed by atoms with Crippen molar-refractivity contribution in [1.82, 2.24) is 5.32 Å². The van der Waals surface area contributed by atoms with E-state index in [1.807, 2.05) is 13.0 Å². The lowest BCUT2D eigenvalue weighted by Gasteiger charge is -2.40. The molecular formula is C49H95NO8. The molecule has 0 saturated carbocycles. The second-order valence-corrected chi connectivity index (χ2v) is 17.6. The Morgan fingerprint density at radius 1 is 0.569 bits per heavy atom. The van der Waals surface area contributed by atoms with Crippen LogP contribution in [0.15, 0.2) is 12.2 Å². The van der Waals surface area contributed by atoms with E-state index in [-0.39, 0.29) is 12.5 Å². The zero-order chi connectivity index (χ0) is 42.3. The average molecular weight is 826 g/mol. The minimum Gasteiger partial charge on any atom is -0.394 e. The lowest BCUT2D eigenvalue weighted by Crippen LogP contribution is -2.60. The molecule has 9 heteroatoms. The van der Waals surface area contributed by atoms with Crippen LogP contribution in [-0.2, 0) is 14.3 Å². The van der Waals surface area contributed by atoms with E-state index in [1.165, 1.54) is 186 Å². The lowest BCUT2D eigenvalue weighted by atomic mass is 9.99. The summed E-state index contributed by atoms with van der Waals surface area (Å²) in [5.41, 5.74) is 0. The van der Waals surface area contributed by atoms with Crippen molar-refractivity contribution in [1.29, 1.82) is 0 Å². The number of ether oxygens (including phenoxy) is 2. The van der Waals surface area contributed by atoms with Crippen molar-refractivity contribution in [2.24, 2.45) is 0 Å². The van der Waals surface area contributed by atoms with Gasteiger partial charge in [0.1, 0.15) is 24.4 Å². The molecule has 7 atom stereocenters. The lowest BCUT2D eigenvalue weighted by molar-refractivity contribution is -0.302. The van der Waals surface area contributed by atoms with Gasteiger partial charge in [-0.05, 0) is 12.8 Å². The Morgan fingerprint density at radius 3 is 1.31 bits per heavy atom. The molecule has 6 N–H and O–H groups in total. The third kappa shape index (κ3) is 30.0. The fraction of sp³-hybridized carbons (Fsp3) is 0.939. The maximum Gasteiger partial charge on any atom is 0.220 e. The first-order chi connectivity index (χ1) is 28.3. The summed E-state index contributed by atoms with van der Waals surface area (Å²) in [5, 5.41) is 53.4. The number of aliphatic hydroxyl groups excluding tert-OH is 5. The highest BCUT2D eigenvalue weighted by Crippen LogP contribution is 2.23. The van der Waals surface area contributed by atoms with Gasteiger partial charge in [-0.15, -0.1) is 0 Å². The van der Waals surface area contributed by atoms with Crippen molar-refractivity contribution in [3.8, 4) is 0 Å². The summed E-state index contributed by atoms with van der Waals surface area (Å²) >= 11 is 0. The molecule has 1 aliphatic rings. The predicted molar refractivity (Wildman–Crippen MR) is 240 cm³/mol. The van der Waals surface area contributed by atoms with E-state index in [2.05, 4.69) is 12.2 Å². The summed E-state index contributed by atoms with van der Waals surface area (Å²) in [6.07, 6.45) is 41.2. The molecule has 9 nitrogen and oxygen atoms in total. The minimum atomic E-state index is -1.56. The van der Waals surface area contributed by atoms with Crippen LogP contribution in [0.5, 0.6) is 0 Å². The number of carbonyl (C=O) groups is 1. The minimum absolute atomic E-state index is 0.184. The predicted octanol–water partition coefficient (Wildman–Crippen LogP) is 10.9. The fourth-order valence-corrected chi connectivity index (χ4v) is 8.11. The first-order valence-electron chi connectivity index (χ1n) is 24.9. The zero-order valence-corrected chi connectivity index (χ0v) is 37.8. The second-order valence-electron chi connectivity index (χ2n) is 17.6. The molecule has 1 fully saturated rings. The van der Waals surface area contributed by atoms with Crippen molar-refractivity contribution in [3.63, 3.8) is 0 Å². The molecule has 0 spiro atoms. The van der Waals surface area contributed by atoms with E-state index in [4.69, 9.17) is 9.47 Å². The van der Waals surface area contributed by atoms with E-state index >= 15 is 0 Å². The Hall–Kier alpha value is -1.07. The van der Waals surface area contributed by atoms with E-state index in [0.29, 0.717) is 6.42 Å². The number of hydrogen-bond acceptors (Lipinski definition) is 8. The molecule has 0 aromatic rings. The van der Waals surface area contributed by atoms with Crippen LogP contribution in [0.3, 0.4) is 0 Å². The summed E-state index contributed by atoms with van der Waals surface area (Å²) in [5.74, 6) is -0.184. The van der Waals surface area contributed by atoms with E-state index < -0.39 is 49.5 Å². The van der Waals surface area contributed by atoms with Crippen molar-refractivity contribution >= 4 is 5.91 Å². The summed E-state index contributed by atoms with van der Waals surface area (Å²) in [6, 6.07) is -0.795. The molecule has 1 heterocycles. The quantitative estimate of drug-likeness (QED) is 0.0263. The second kappa shape index (κ2) is 40.0. The van der Waals surface area contributed by atoms with Crippen LogP contribution in [-0.4, -0.2) is 87.5 Å². The van der Waals surface area contributed by atoms with Crippen LogP contribution in [0.2, 0.25) is 0 Å². The van der Waals surface area contributed by atoms with Crippen LogP contribution in [0, 0.1) is 0 Å². The first-order valence-corrected chi connectivity index (χ1v) is 24.9. The maximum atomic E-state index is 12.8. The van der Waals surface area contributed by atoms with Crippen molar-refractivity contribution in [2.45, 2.75) is 281 Å². The van der Waals surface area contributed by atoms with Crippen LogP contribution in [0.1, 0.15) is 239 Å². The smallest absolute Gasteiger partial charge is 0.220 e. The van der Waals surface area contributed by atoms with E-state index in [9.17, 15) is 30.3 Å². The largest absolute Gasteiger partial charge is 0.394 e. The van der Waals surface area contributed by atoms with Gasteiger partial charge >= 0.3 is 0 Å². The van der Waals surface area contributed by atoms with Gasteiger partial charge in [-0.25, -0.2) is 0 Å². The van der Waals surface area contributed by atoms with Gasteiger partial charge in [0.05, 0.1) is 25.4 Å². The Balaban J connectivity index is 1.94. The number of hydrogen-bond donors (Lipinski definition) is 6. The van der Waals surface area contributed by atoms with Crippen molar-refractivity contribution in [3.05, 3.63) is 12.2 Å². The van der Waals surface area contributed by atoms with Gasteiger partial charge < -0.3 is 40.3 Å². The molecule has 0 aromatic carbocycles. The van der Waals surface area contributed by atoms with Crippen LogP contribution in [0.4, 0.5) is 0 Å². The molecule has 1 saturated heterocycles. The third-order valence-electron chi connectivity index (χ3n) is 12.1. The summed E-state index contributed by atoms with van der Waals surface area (Å²) in [7, 11) is 0. The molecule has 7 unspecified atom stereocenters. The van der Waals surface area contributed by atoms with Crippen LogP contribution < -0.4 is 5.32 Å². The van der Waals surface area contributed by atoms with Gasteiger partial charge in [-0.1, -0.05) is 231 Å². The maximum absolute atomic E-state index is 12.8. The topological polar surface area (TPSA) is 149 Å². The Bertz CT molecular complexity index is 919. The highest BCUT2D eigenvalue weighted by atomic mass is 16.7. The standard InChI is InChI=1S/C49H95NO8/c1-3-5-7-8-9-10-11-12-13-14-15-16-17-18-19-20-21-22-23-24-25-26-27-28-29-30-31-32-33-34-35-37-39-45(53)50-42(43(52)38-36-6-4-2)41-57-49-48(56)47(55)46(54)44(40-51)58-49/h36,38,42-44,46-49,51-52,54-56H,3-35,37,39-41H2,1-2H3,(H,50,53)/b38-36+. The summed E-state index contributed by atoms with van der Waals surface area (Å²) < 4.78 is 11.1. The molecule has 0 aromatic heterocycles. The van der Waals surface area contributed by atoms with Gasteiger partial charge in [0.2, 0.25) is 5.91 Å². The van der Waals surface area contributed by atoms with Crippen LogP contribution in [0.25, 0.3) is 0 Å². The van der Waals surface area contributed by atoms with Gasteiger partial charge in [0, 0.05) is 6.42 Å². The SMILES string of the molecule is CCC/C=C/C(O)C(COC1OC(CO)C(O)C(O)C1O)NC(=O)CCCCCCCCCCCCCCCCCCCCCCCCCCCCCCCCCC. The van der Waals surface area contributed by atoms with Crippen LogP contribution >= 0.6 is 0 Å². The molecule has 58 heavy (non-hydrogen) atoms. The van der Waals surface area contributed by atoms with Gasteiger partial charge in [0.15, 0.2) is 6.29 Å². The molecule has 0 aliphatic carbocycles. The molecule has 0 radical (unpaired) electrons. The Morgan fingerprint density at radius 2 is 0.948 bits per heavy atom. The fourth-order valence-electron chi connectivity index (χ4n) is 8.11. The number of rotatable bonds is 42. The van der Waals surface area contributed by atoms with Gasteiger partial charge in [0.25, 0.3) is 0 Å². The van der Waals surface area contributed by atoms with Gasteiger partial charge in [-0.3, -0.25) is 4.79 Å². The highest BCUT2D eigenvalue weighted by Gasteiger charge is 2.44. The molecule has 1 amide bonds. The van der Waals surface area contributed by atoms with E-state index in [0.717, 1.165) is 32.1 Å². The third-order valence-corrected chi connectivity index (χ3v) is 12.1. The van der Waals surface area contributed by atoms with Gasteiger partial charge in [-0.2, -0.15) is 0 Å². The number of nitrogens with one attached hydrogen (secondary N) is 1.